The van der Waals surface area contributed by atoms with Gasteiger partial charge in [0.1, 0.15) is 0 Å². The molecule has 0 spiro atoms. The smallest absolute Gasteiger partial charge is 0.155 e. The molecule has 1 radical (unpaired) electrons. The molecule has 1 aromatic heterocycles. The molecule has 0 unspecified atom stereocenters. The van der Waals surface area contributed by atoms with Crippen LogP contribution in [0.3, 0.4) is 0 Å². The van der Waals surface area contributed by atoms with Gasteiger partial charge in [-0.25, -0.2) is 0 Å². The first-order chi connectivity index (χ1) is 11.0. The second-order valence-corrected chi connectivity index (χ2v) is 4.90. The number of allylic oxidation sites excluding steroid dienone is 2. The molecule has 6 heteroatoms. The van der Waals surface area contributed by atoms with Crippen molar-refractivity contribution < 1.29 is 34.4 Å². The molecular formula is C18H16FIrN2O2-. The van der Waals surface area contributed by atoms with Crippen molar-refractivity contribution >= 4 is 16.7 Å². The van der Waals surface area contributed by atoms with Crippen molar-refractivity contribution in [3.8, 4) is 5.69 Å². The molecule has 0 bridgehead atoms. The van der Waals surface area contributed by atoms with E-state index in [-0.39, 0.29) is 37.5 Å². The molecule has 127 valence electrons. The maximum atomic E-state index is 12.8. The van der Waals surface area contributed by atoms with Crippen LogP contribution in [0.1, 0.15) is 13.8 Å². The predicted octanol–water partition coefficient (Wildman–Crippen LogP) is 4.00. The zero-order chi connectivity index (χ0) is 16.8. The molecule has 0 aliphatic carbocycles. The Morgan fingerprint density at radius 1 is 1.25 bits per heavy atom. The fraction of sp³-hybridized carbons (Fsp3) is 0.111. The minimum atomic E-state index is -0.291. The van der Waals surface area contributed by atoms with E-state index in [0.29, 0.717) is 0 Å². The third-order valence-electron chi connectivity index (χ3n) is 2.88. The third-order valence-corrected chi connectivity index (χ3v) is 2.88. The summed E-state index contributed by atoms with van der Waals surface area (Å²) in [6, 6.07) is 15.1. The molecular weight excluding hydrogens is 487 g/mol. The Bertz CT molecular complexity index is 838. The predicted molar refractivity (Wildman–Crippen MR) is 86.9 cm³/mol. The van der Waals surface area contributed by atoms with Crippen LogP contribution in [0.5, 0.6) is 0 Å². The van der Waals surface area contributed by atoms with Crippen LogP contribution in [-0.2, 0) is 24.9 Å². The van der Waals surface area contributed by atoms with Gasteiger partial charge in [0.25, 0.3) is 0 Å². The van der Waals surface area contributed by atoms with E-state index < -0.39 is 0 Å². The molecule has 4 nitrogen and oxygen atoms in total. The Balaban J connectivity index is 0.000000312. The van der Waals surface area contributed by atoms with Crippen molar-refractivity contribution in [2.24, 2.45) is 0 Å². The number of ketones is 1. The topological polar surface area (TPSA) is 55.1 Å². The van der Waals surface area contributed by atoms with Gasteiger partial charge in [-0.05, 0) is 25.6 Å². The maximum Gasteiger partial charge on any atom is 0.155 e. The van der Waals surface area contributed by atoms with Crippen LogP contribution >= 0.6 is 0 Å². The second kappa shape index (κ2) is 9.11. The van der Waals surface area contributed by atoms with E-state index in [1.54, 1.807) is 16.9 Å². The van der Waals surface area contributed by atoms with Gasteiger partial charge in [0.05, 0.1) is 17.5 Å². The van der Waals surface area contributed by atoms with E-state index in [0.717, 1.165) is 16.6 Å². The summed E-state index contributed by atoms with van der Waals surface area (Å²) in [5.74, 6) is -0.354. The summed E-state index contributed by atoms with van der Waals surface area (Å²) in [7, 11) is 0. The van der Waals surface area contributed by atoms with Gasteiger partial charge in [0, 0.05) is 37.4 Å². The molecule has 0 atom stereocenters. The van der Waals surface area contributed by atoms with Crippen LogP contribution in [0, 0.1) is 11.9 Å². The zero-order valence-electron chi connectivity index (χ0n) is 13.2. The van der Waals surface area contributed by atoms with Gasteiger partial charge in [0.15, 0.2) is 5.78 Å². The van der Waals surface area contributed by atoms with Gasteiger partial charge in [-0.3, -0.25) is 13.9 Å². The number of benzene rings is 2. The van der Waals surface area contributed by atoms with E-state index in [4.69, 9.17) is 5.11 Å². The Kier molecular flexibility index (Phi) is 7.49. The van der Waals surface area contributed by atoms with Crippen molar-refractivity contribution in [1.29, 1.82) is 0 Å². The number of hydrogen-bond donors (Lipinski definition) is 1. The fourth-order valence-corrected chi connectivity index (χ4v) is 1.99. The maximum absolute atomic E-state index is 12.8. The Labute approximate surface area is 153 Å². The van der Waals surface area contributed by atoms with E-state index >= 15 is 0 Å². The van der Waals surface area contributed by atoms with E-state index in [1.165, 1.54) is 32.1 Å². The van der Waals surface area contributed by atoms with Crippen molar-refractivity contribution in [1.82, 2.24) is 9.78 Å². The van der Waals surface area contributed by atoms with Gasteiger partial charge < -0.3 is 5.11 Å². The number of carbonyl (C=O) groups excluding carboxylic acids is 1. The largest absolute Gasteiger partial charge is 0.512 e. The van der Waals surface area contributed by atoms with Crippen LogP contribution in [0.15, 0.2) is 60.5 Å². The summed E-state index contributed by atoms with van der Waals surface area (Å²) in [4.78, 5) is 10.0. The van der Waals surface area contributed by atoms with Gasteiger partial charge in [-0.2, -0.15) is 11.2 Å². The number of rotatable bonds is 2. The molecule has 3 rings (SSSR count). The van der Waals surface area contributed by atoms with Crippen molar-refractivity contribution in [2.75, 3.05) is 0 Å². The summed E-state index contributed by atoms with van der Waals surface area (Å²) in [6.07, 6.45) is 2.95. The average molecular weight is 504 g/mol. The summed E-state index contributed by atoms with van der Waals surface area (Å²) < 4.78 is 14.5. The number of halogens is 1. The fourth-order valence-electron chi connectivity index (χ4n) is 1.99. The Hall–Kier alpha value is -2.30. The normalized spacial score (nSPS) is 10.5. The summed E-state index contributed by atoms with van der Waals surface area (Å²) >= 11 is 0. The molecule has 2 aromatic carbocycles. The average Bonchev–Trinajstić information content (AvgIpc) is 2.91. The molecule has 0 fully saturated rings. The Morgan fingerprint density at radius 2 is 1.96 bits per heavy atom. The zero-order valence-corrected chi connectivity index (χ0v) is 15.6. The summed E-state index contributed by atoms with van der Waals surface area (Å²) in [6.45, 7) is 2.85. The minimum Gasteiger partial charge on any atom is -0.512 e. The third kappa shape index (κ3) is 5.40. The van der Waals surface area contributed by atoms with Crippen LogP contribution in [0.25, 0.3) is 16.6 Å². The van der Waals surface area contributed by atoms with E-state index in [9.17, 15) is 9.18 Å². The molecule has 1 heterocycles. The van der Waals surface area contributed by atoms with Gasteiger partial charge in [-0.1, -0.05) is 18.2 Å². The quantitative estimate of drug-likeness (QED) is 0.327. The van der Waals surface area contributed by atoms with Crippen LogP contribution < -0.4 is 0 Å². The summed E-state index contributed by atoms with van der Waals surface area (Å²) in [5.41, 5.74) is 1.73. The number of carbonyl (C=O) groups is 1. The number of fused-ring (bicyclic) bond motifs is 1. The van der Waals surface area contributed by atoms with Crippen LogP contribution in [0.2, 0.25) is 0 Å². The van der Waals surface area contributed by atoms with Gasteiger partial charge in [0.2, 0.25) is 0 Å². The molecule has 1 N–H and O–H groups in total. The number of aliphatic hydroxyl groups is 1. The number of nitrogens with zero attached hydrogens (tertiary/aromatic N) is 2. The first-order valence-electron chi connectivity index (χ1n) is 6.95. The SMILES string of the molecule is CC(=O)/C=C(/C)O.Fc1c[c-]c(-n2ncc3ccccc32)cc1.[Ir]. The van der Waals surface area contributed by atoms with Crippen molar-refractivity contribution in [2.45, 2.75) is 13.8 Å². The first kappa shape index (κ1) is 19.7. The molecule has 0 amide bonds. The number of aromatic nitrogens is 2. The number of aliphatic hydroxyl groups excluding tert-OH is 1. The standard InChI is InChI=1S/C13H8FN2.C5H8O2.Ir/c14-11-5-7-12(8-6-11)16-13-4-2-1-3-10(13)9-15-16;1-4(6)3-5(2)7;/h1-7,9H;3,6H,1-2H3;/q-1;;/b;4-3-;. The number of para-hydroxylation sites is 1. The minimum absolute atomic E-state index is 0. The monoisotopic (exact) mass is 504 g/mol. The molecule has 3 aromatic rings. The molecule has 0 aliphatic rings. The molecule has 0 saturated heterocycles. The van der Waals surface area contributed by atoms with Crippen LogP contribution in [-0.4, -0.2) is 20.7 Å². The van der Waals surface area contributed by atoms with E-state index in [1.807, 2.05) is 24.3 Å². The van der Waals surface area contributed by atoms with Crippen LogP contribution in [0.4, 0.5) is 4.39 Å². The van der Waals surface area contributed by atoms with Crippen molar-refractivity contribution in [3.05, 3.63) is 72.4 Å². The van der Waals surface area contributed by atoms with Gasteiger partial charge in [-0.15, -0.1) is 18.2 Å². The molecule has 0 saturated carbocycles. The molecule has 0 aliphatic heterocycles. The molecule has 24 heavy (non-hydrogen) atoms. The number of hydrogen-bond acceptors (Lipinski definition) is 3. The Morgan fingerprint density at radius 3 is 2.50 bits per heavy atom. The van der Waals surface area contributed by atoms with Gasteiger partial charge >= 0.3 is 0 Å². The summed E-state index contributed by atoms with van der Waals surface area (Å²) in [5, 5.41) is 13.7. The second-order valence-electron chi connectivity index (χ2n) is 4.90. The first-order valence-corrected chi connectivity index (χ1v) is 6.95. The van der Waals surface area contributed by atoms with Crippen molar-refractivity contribution in [3.63, 3.8) is 0 Å². The van der Waals surface area contributed by atoms with E-state index in [2.05, 4.69) is 11.2 Å².